The van der Waals surface area contributed by atoms with Gasteiger partial charge in [0.2, 0.25) is 5.88 Å². The van der Waals surface area contributed by atoms with E-state index in [0.717, 1.165) is 5.39 Å². The molecule has 0 spiro atoms. The summed E-state index contributed by atoms with van der Waals surface area (Å²) >= 11 is 0. The van der Waals surface area contributed by atoms with Crippen LogP contribution in [0.5, 0.6) is 11.6 Å². The van der Waals surface area contributed by atoms with Gasteiger partial charge in [-0.25, -0.2) is 4.79 Å². The molecule has 0 bridgehead atoms. The van der Waals surface area contributed by atoms with Gasteiger partial charge in [0.25, 0.3) is 0 Å². The fraction of sp³-hybridized carbons (Fsp3) is 0.308. The molecule has 96 valence electrons. The highest BCUT2D eigenvalue weighted by Crippen LogP contribution is 2.27. The Balaban J connectivity index is 2.08. The standard InChI is InChI=1S/C13H15NO4/c1-8(2)7-17-13(16)18-11-6-9-4-3-5-10(15)12(9)14-11/h3-6,8,14-15H,7H2,1-2H3. The normalized spacial score (nSPS) is 10.8. The van der Waals surface area contributed by atoms with Crippen LogP contribution in [0, 0.1) is 5.92 Å². The maximum absolute atomic E-state index is 11.4. The lowest BCUT2D eigenvalue weighted by Crippen LogP contribution is -2.14. The predicted octanol–water partition coefficient (Wildman–Crippen LogP) is 3.04. The Morgan fingerprint density at radius 2 is 2.22 bits per heavy atom. The number of hydrogen-bond acceptors (Lipinski definition) is 4. The van der Waals surface area contributed by atoms with Gasteiger partial charge < -0.3 is 19.6 Å². The maximum Gasteiger partial charge on any atom is 0.515 e. The van der Waals surface area contributed by atoms with Gasteiger partial charge in [-0.3, -0.25) is 0 Å². The highest BCUT2D eigenvalue weighted by Gasteiger charge is 2.11. The molecule has 2 N–H and O–H groups in total. The number of ether oxygens (including phenoxy) is 2. The minimum Gasteiger partial charge on any atom is -0.506 e. The molecule has 5 nitrogen and oxygen atoms in total. The Hall–Kier alpha value is -2.17. The van der Waals surface area contributed by atoms with Gasteiger partial charge >= 0.3 is 6.16 Å². The molecule has 0 radical (unpaired) electrons. The average molecular weight is 249 g/mol. The Morgan fingerprint density at radius 3 is 2.89 bits per heavy atom. The first-order valence-corrected chi connectivity index (χ1v) is 5.71. The zero-order valence-electron chi connectivity index (χ0n) is 10.3. The Bertz CT molecular complexity index is 559. The number of carbonyl (C=O) groups excluding carboxylic acids is 1. The van der Waals surface area contributed by atoms with Crippen molar-refractivity contribution in [3.8, 4) is 11.6 Å². The molecule has 1 aromatic carbocycles. The Kier molecular flexibility index (Phi) is 3.41. The van der Waals surface area contributed by atoms with Crippen LogP contribution in [-0.4, -0.2) is 22.9 Å². The SMILES string of the molecule is CC(C)COC(=O)Oc1cc2cccc(O)c2[nH]1. The van der Waals surface area contributed by atoms with Crippen LogP contribution < -0.4 is 4.74 Å². The van der Waals surface area contributed by atoms with Gasteiger partial charge in [0, 0.05) is 11.5 Å². The van der Waals surface area contributed by atoms with Crippen molar-refractivity contribution in [2.24, 2.45) is 5.92 Å². The van der Waals surface area contributed by atoms with Gasteiger partial charge in [0.1, 0.15) is 5.75 Å². The molecule has 2 rings (SSSR count). The smallest absolute Gasteiger partial charge is 0.506 e. The quantitative estimate of drug-likeness (QED) is 0.820. The molecule has 2 aromatic rings. The number of aromatic hydroxyl groups is 1. The minimum absolute atomic E-state index is 0.109. The van der Waals surface area contributed by atoms with Crippen LogP contribution in [0.3, 0.4) is 0 Å². The molecular formula is C13H15NO4. The van der Waals surface area contributed by atoms with E-state index in [1.54, 1.807) is 24.3 Å². The van der Waals surface area contributed by atoms with Gasteiger partial charge in [-0.05, 0) is 12.0 Å². The van der Waals surface area contributed by atoms with Crippen molar-refractivity contribution in [2.45, 2.75) is 13.8 Å². The number of H-pyrrole nitrogens is 1. The first-order chi connectivity index (χ1) is 8.56. The molecule has 0 unspecified atom stereocenters. The van der Waals surface area contributed by atoms with Crippen LogP contribution in [0.25, 0.3) is 10.9 Å². The number of para-hydroxylation sites is 1. The second-order valence-corrected chi connectivity index (χ2v) is 4.43. The first-order valence-electron chi connectivity index (χ1n) is 5.71. The van der Waals surface area contributed by atoms with Crippen molar-refractivity contribution in [3.05, 3.63) is 24.3 Å². The number of aromatic nitrogens is 1. The summed E-state index contributed by atoms with van der Waals surface area (Å²) in [4.78, 5) is 14.2. The van der Waals surface area contributed by atoms with E-state index in [2.05, 4.69) is 4.98 Å². The van der Waals surface area contributed by atoms with Crippen molar-refractivity contribution in [1.82, 2.24) is 4.98 Å². The molecule has 0 saturated heterocycles. The van der Waals surface area contributed by atoms with Crippen molar-refractivity contribution in [1.29, 1.82) is 0 Å². The van der Waals surface area contributed by atoms with Crippen molar-refractivity contribution < 1.29 is 19.4 Å². The lowest BCUT2D eigenvalue weighted by molar-refractivity contribution is 0.0874. The molecule has 0 fully saturated rings. The van der Waals surface area contributed by atoms with Crippen molar-refractivity contribution >= 4 is 17.1 Å². The highest BCUT2D eigenvalue weighted by atomic mass is 16.7. The number of carbonyl (C=O) groups is 1. The zero-order valence-corrected chi connectivity index (χ0v) is 10.3. The van der Waals surface area contributed by atoms with E-state index < -0.39 is 6.16 Å². The van der Waals surface area contributed by atoms with E-state index in [-0.39, 0.29) is 17.5 Å². The third-order valence-electron chi connectivity index (χ3n) is 2.34. The third-order valence-corrected chi connectivity index (χ3v) is 2.34. The molecule has 0 atom stereocenters. The van der Waals surface area contributed by atoms with Crippen LogP contribution in [0.15, 0.2) is 24.3 Å². The predicted molar refractivity (Wildman–Crippen MR) is 66.8 cm³/mol. The van der Waals surface area contributed by atoms with Gasteiger partial charge in [0.15, 0.2) is 0 Å². The monoisotopic (exact) mass is 249 g/mol. The van der Waals surface area contributed by atoms with Crippen molar-refractivity contribution in [2.75, 3.05) is 6.61 Å². The Morgan fingerprint density at radius 1 is 1.44 bits per heavy atom. The molecule has 1 aromatic heterocycles. The summed E-state index contributed by atoms with van der Waals surface area (Å²) in [5.74, 6) is 0.613. The van der Waals surface area contributed by atoms with Crippen molar-refractivity contribution in [3.63, 3.8) is 0 Å². The molecule has 0 amide bonds. The molecule has 0 saturated carbocycles. The number of nitrogens with one attached hydrogen (secondary N) is 1. The summed E-state index contributed by atoms with van der Waals surface area (Å²) in [5.41, 5.74) is 0.532. The Labute approximate surface area is 104 Å². The molecule has 0 aliphatic rings. The lowest BCUT2D eigenvalue weighted by Gasteiger charge is -2.05. The van der Waals surface area contributed by atoms with Gasteiger partial charge in [-0.1, -0.05) is 26.0 Å². The molecule has 18 heavy (non-hydrogen) atoms. The first kappa shape index (κ1) is 12.3. The third kappa shape index (κ3) is 2.74. The molecule has 0 aliphatic heterocycles. The van der Waals surface area contributed by atoms with Gasteiger partial charge in [-0.2, -0.15) is 0 Å². The zero-order chi connectivity index (χ0) is 13.1. The number of phenolic OH excluding ortho intramolecular Hbond substituents is 1. The second-order valence-electron chi connectivity index (χ2n) is 4.43. The maximum atomic E-state index is 11.4. The second kappa shape index (κ2) is 5.00. The molecule has 5 heteroatoms. The van der Waals surface area contributed by atoms with E-state index in [1.165, 1.54) is 0 Å². The number of aromatic amines is 1. The van der Waals surface area contributed by atoms with Gasteiger partial charge in [0.05, 0.1) is 12.1 Å². The number of phenols is 1. The molecule has 1 heterocycles. The molecular weight excluding hydrogens is 234 g/mol. The summed E-state index contributed by atoms with van der Waals surface area (Å²) < 4.78 is 9.87. The van der Waals surface area contributed by atoms with Crippen LogP contribution in [0.2, 0.25) is 0 Å². The fourth-order valence-electron chi connectivity index (χ4n) is 1.52. The number of hydrogen-bond donors (Lipinski definition) is 2. The van der Waals surface area contributed by atoms with E-state index >= 15 is 0 Å². The van der Waals surface area contributed by atoms with Crippen LogP contribution >= 0.6 is 0 Å². The average Bonchev–Trinajstić information content (AvgIpc) is 2.70. The number of benzene rings is 1. The number of rotatable bonds is 3. The summed E-state index contributed by atoms with van der Waals surface area (Å²) in [7, 11) is 0. The summed E-state index contributed by atoms with van der Waals surface area (Å²) in [6.07, 6.45) is -0.755. The lowest BCUT2D eigenvalue weighted by atomic mass is 10.2. The number of fused-ring (bicyclic) bond motifs is 1. The summed E-state index contributed by atoms with van der Waals surface area (Å²) in [5, 5.41) is 10.4. The summed E-state index contributed by atoms with van der Waals surface area (Å²) in [6.45, 7) is 4.19. The van der Waals surface area contributed by atoms with E-state index in [4.69, 9.17) is 9.47 Å². The highest BCUT2D eigenvalue weighted by molar-refractivity contribution is 5.87. The molecule has 0 aliphatic carbocycles. The topological polar surface area (TPSA) is 71.6 Å². The van der Waals surface area contributed by atoms with Gasteiger partial charge in [-0.15, -0.1) is 0 Å². The van der Waals surface area contributed by atoms with Crippen LogP contribution in [-0.2, 0) is 4.74 Å². The summed E-state index contributed by atoms with van der Waals surface area (Å²) in [6, 6.07) is 6.70. The largest absolute Gasteiger partial charge is 0.515 e. The fourth-order valence-corrected chi connectivity index (χ4v) is 1.52. The minimum atomic E-state index is -0.755. The van der Waals surface area contributed by atoms with E-state index in [0.29, 0.717) is 12.1 Å². The van der Waals surface area contributed by atoms with E-state index in [1.807, 2.05) is 13.8 Å². The van der Waals surface area contributed by atoms with E-state index in [9.17, 15) is 9.90 Å². The van der Waals surface area contributed by atoms with Crippen LogP contribution in [0.1, 0.15) is 13.8 Å². The van der Waals surface area contributed by atoms with Crippen LogP contribution in [0.4, 0.5) is 4.79 Å².